The highest BCUT2D eigenvalue weighted by Gasteiger charge is 2.45. The van der Waals surface area contributed by atoms with Gasteiger partial charge in [0, 0.05) is 32.8 Å². The summed E-state index contributed by atoms with van der Waals surface area (Å²) in [5, 5.41) is 0. The largest absolute Gasteiger partial charge is 0.497 e. The summed E-state index contributed by atoms with van der Waals surface area (Å²) in [4.78, 5) is 23.1. The van der Waals surface area contributed by atoms with Gasteiger partial charge in [-0.3, -0.25) is 4.79 Å². The summed E-state index contributed by atoms with van der Waals surface area (Å²) in [6.07, 6.45) is 4.44. The van der Waals surface area contributed by atoms with Crippen molar-refractivity contribution in [1.29, 1.82) is 0 Å². The summed E-state index contributed by atoms with van der Waals surface area (Å²) in [5.74, 6) is 0.729. The van der Waals surface area contributed by atoms with Crippen LogP contribution in [0.3, 0.4) is 0 Å². The number of carbonyl (C=O) groups excluding carboxylic acids is 2. The highest BCUT2D eigenvalue weighted by molar-refractivity contribution is 6.59. The first-order valence-corrected chi connectivity index (χ1v) is 12.4. The molecule has 2 aliphatic carbocycles. The molecule has 0 aromatic heterocycles. The van der Waals surface area contributed by atoms with Crippen molar-refractivity contribution in [3.05, 3.63) is 0 Å². The molecule has 156 valence electrons. The van der Waals surface area contributed by atoms with Gasteiger partial charge in [-0.15, -0.1) is 0 Å². The number of rotatable bonds is 8. The smallest absolute Gasteiger partial charge is 0.463 e. The molecule has 7 nitrogen and oxygen atoms in total. The van der Waals surface area contributed by atoms with E-state index in [1.165, 1.54) is 12.8 Å². The summed E-state index contributed by atoms with van der Waals surface area (Å²) in [6, 6.07) is 0. The van der Waals surface area contributed by atoms with E-state index in [-0.39, 0.29) is 17.9 Å². The standard InChI is InChI=1S/C12H16O4.C7H18O3Si/c13-11(16-10-3-4-15-12(10)14)9-6-7-1-2-8(9)5-7;1-5-8-11(4,9-6-2)10-7-3/h7-10H,1-6H2;5-7H2,1-4H3. The van der Waals surface area contributed by atoms with E-state index in [2.05, 4.69) is 0 Å². The van der Waals surface area contributed by atoms with Gasteiger partial charge in [0.05, 0.1) is 12.5 Å². The van der Waals surface area contributed by atoms with Crippen LogP contribution in [0.2, 0.25) is 6.55 Å². The molecule has 3 rings (SSSR count). The maximum absolute atomic E-state index is 11.9. The molecule has 4 unspecified atom stereocenters. The minimum Gasteiger partial charge on any atom is -0.463 e. The maximum atomic E-state index is 11.9. The van der Waals surface area contributed by atoms with E-state index in [9.17, 15) is 9.59 Å². The van der Waals surface area contributed by atoms with Crippen LogP contribution in [0.5, 0.6) is 0 Å². The number of cyclic esters (lactones) is 1. The van der Waals surface area contributed by atoms with Gasteiger partial charge in [0.15, 0.2) is 0 Å². The molecule has 0 radical (unpaired) electrons. The third-order valence-electron chi connectivity index (χ3n) is 5.41. The average Bonchev–Trinajstić information content (AvgIpc) is 3.34. The van der Waals surface area contributed by atoms with Gasteiger partial charge in [0.25, 0.3) is 0 Å². The number of carbonyl (C=O) groups is 2. The molecule has 3 fully saturated rings. The van der Waals surface area contributed by atoms with E-state index < -0.39 is 14.9 Å². The maximum Gasteiger partial charge on any atom is 0.497 e. The van der Waals surface area contributed by atoms with Gasteiger partial charge < -0.3 is 22.8 Å². The Balaban J connectivity index is 0.000000211. The molecule has 0 amide bonds. The monoisotopic (exact) mass is 402 g/mol. The molecular weight excluding hydrogens is 368 g/mol. The van der Waals surface area contributed by atoms with Crippen LogP contribution in [0, 0.1) is 17.8 Å². The van der Waals surface area contributed by atoms with E-state index in [1.807, 2.05) is 27.3 Å². The third-order valence-corrected chi connectivity index (χ3v) is 7.85. The van der Waals surface area contributed by atoms with Crippen LogP contribution < -0.4 is 0 Å². The zero-order valence-electron chi connectivity index (χ0n) is 17.0. The molecule has 27 heavy (non-hydrogen) atoms. The number of ether oxygens (including phenoxy) is 2. The third kappa shape index (κ3) is 6.27. The van der Waals surface area contributed by atoms with E-state index in [4.69, 9.17) is 22.8 Å². The Morgan fingerprint density at radius 2 is 1.67 bits per heavy atom. The first-order chi connectivity index (χ1) is 12.9. The number of esters is 2. The normalized spacial score (nSPS) is 29.3. The topological polar surface area (TPSA) is 80.3 Å². The van der Waals surface area contributed by atoms with Gasteiger partial charge in [0.2, 0.25) is 6.10 Å². The molecule has 2 bridgehead atoms. The Bertz CT molecular complexity index is 481. The Morgan fingerprint density at radius 1 is 1.04 bits per heavy atom. The molecule has 0 N–H and O–H groups in total. The van der Waals surface area contributed by atoms with Crippen molar-refractivity contribution < 1.29 is 32.3 Å². The number of hydrogen-bond acceptors (Lipinski definition) is 7. The zero-order chi connectivity index (χ0) is 19.9. The van der Waals surface area contributed by atoms with Crippen LogP contribution in [0.25, 0.3) is 0 Å². The fourth-order valence-electron chi connectivity index (χ4n) is 4.26. The van der Waals surface area contributed by atoms with E-state index in [1.54, 1.807) is 0 Å². The van der Waals surface area contributed by atoms with Crippen molar-refractivity contribution in [2.45, 2.75) is 65.5 Å². The molecule has 0 aromatic rings. The highest BCUT2D eigenvalue weighted by Crippen LogP contribution is 2.48. The van der Waals surface area contributed by atoms with Crippen LogP contribution in [0.4, 0.5) is 0 Å². The summed E-state index contributed by atoms with van der Waals surface area (Å²) in [5.41, 5.74) is 0. The van der Waals surface area contributed by atoms with Crippen LogP contribution >= 0.6 is 0 Å². The Labute approximate surface area is 163 Å². The first kappa shape index (κ1) is 22.3. The molecule has 4 atom stereocenters. The molecule has 0 spiro atoms. The van der Waals surface area contributed by atoms with Gasteiger partial charge in [-0.1, -0.05) is 6.42 Å². The molecule has 1 heterocycles. The Morgan fingerprint density at radius 3 is 2.07 bits per heavy atom. The predicted octanol–water partition coefficient (Wildman–Crippen LogP) is 2.95. The van der Waals surface area contributed by atoms with Gasteiger partial charge >= 0.3 is 20.7 Å². The van der Waals surface area contributed by atoms with E-state index in [0.29, 0.717) is 38.8 Å². The molecule has 0 aromatic carbocycles. The van der Waals surface area contributed by atoms with Crippen molar-refractivity contribution >= 4 is 20.7 Å². The van der Waals surface area contributed by atoms with E-state index in [0.717, 1.165) is 18.8 Å². The van der Waals surface area contributed by atoms with E-state index >= 15 is 0 Å². The van der Waals surface area contributed by atoms with Crippen LogP contribution in [0.1, 0.15) is 52.9 Å². The molecule has 3 aliphatic rings. The van der Waals surface area contributed by atoms with Gasteiger partial charge in [-0.2, -0.15) is 0 Å². The van der Waals surface area contributed by atoms with Crippen molar-refractivity contribution in [2.75, 3.05) is 26.4 Å². The van der Waals surface area contributed by atoms with Crippen molar-refractivity contribution in [2.24, 2.45) is 17.8 Å². The summed E-state index contributed by atoms with van der Waals surface area (Å²) >= 11 is 0. The van der Waals surface area contributed by atoms with Crippen LogP contribution in [0.15, 0.2) is 0 Å². The zero-order valence-corrected chi connectivity index (χ0v) is 18.0. The minimum absolute atomic E-state index is 0.0483. The lowest BCUT2D eigenvalue weighted by molar-refractivity contribution is -0.164. The molecular formula is C19H34O7Si. The molecule has 8 heteroatoms. The number of fused-ring (bicyclic) bond motifs is 2. The van der Waals surface area contributed by atoms with Crippen molar-refractivity contribution in [3.8, 4) is 0 Å². The Kier molecular flexibility index (Phi) is 8.72. The fourth-order valence-corrected chi connectivity index (χ4v) is 6.08. The lowest BCUT2D eigenvalue weighted by atomic mass is 9.89. The quantitative estimate of drug-likeness (QED) is 0.456. The summed E-state index contributed by atoms with van der Waals surface area (Å²) < 4.78 is 26.2. The van der Waals surface area contributed by atoms with Crippen molar-refractivity contribution in [3.63, 3.8) is 0 Å². The Hall–Kier alpha value is -0.963. The van der Waals surface area contributed by atoms with Crippen molar-refractivity contribution in [1.82, 2.24) is 0 Å². The second kappa shape index (κ2) is 10.5. The van der Waals surface area contributed by atoms with Gasteiger partial charge in [-0.05, 0) is 51.9 Å². The average molecular weight is 403 g/mol. The summed E-state index contributed by atoms with van der Waals surface area (Å²) in [6.45, 7) is 10.1. The second-order valence-electron chi connectivity index (χ2n) is 7.32. The number of hydrogen-bond donors (Lipinski definition) is 0. The minimum atomic E-state index is -2.25. The van der Waals surface area contributed by atoms with Gasteiger partial charge in [-0.25, -0.2) is 4.79 Å². The SMILES string of the molecule is CCO[Si](C)(OCC)OCC.O=C1OCCC1OC(=O)C1CC2CCC1C2. The second-order valence-corrected chi connectivity index (χ2v) is 9.92. The van der Waals surface area contributed by atoms with Gasteiger partial charge in [0.1, 0.15) is 0 Å². The fraction of sp³-hybridized carbons (Fsp3) is 0.895. The van der Waals surface area contributed by atoms with Crippen LogP contribution in [-0.4, -0.2) is 53.3 Å². The molecule has 1 saturated heterocycles. The predicted molar refractivity (Wildman–Crippen MR) is 101 cm³/mol. The first-order valence-electron chi connectivity index (χ1n) is 10.2. The lowest BCUT2D eigenvalue weighted by Crippen LogP contribution is -2.42. The van der Waals surface area contributed by atoms with Crippen LogP contribution in [-0.2, 0) is 32.3 Å². The highest BCUT2D eigenvalue weighted by atomic mass is 28.4. The molecule has 2 saturated carbocycles. The molecule has 1 aliphatic heterocycles. The summed E-state index contributed by atoms with van der Waals surface area (Å²) in [7, 11) is -2.25. The lowest BCUT2D eigenvalue weighted by Gasteiger charge is -2.23.